The van der Waals surface area contributed by atoms with Gasteiger partial charge in [0, 0.05) is 32.9 Å². The molecule has 98 valence electrons. The molecule has 2 N–H and O–H groups in total. The minimum Gasteiger partial charge on any atom is -0.399 e. The summed E-state index contributed by atoms with van der Waals surface area (Å²) in [4.78, 5) is 16.0. The van der Waals surface area contributed by atoms with Crippen molar-refractivity contribution in [1.82, 2.24) is 4.90 Å². The van der Waals surface area contributed by atoms with Gasteiger partial charge in [-0.1, -0.05) is 0 Å². The van der Waals surface area contributed by atoms with E-state index in [0.717, 1.165) is 11.3 Å². The highest BCUT2D eigenvalue weighted by Gasteiger charge is 2.25. The van der Waals surface area contributed by atoms with E-state index in [2.05, 4.69) is 4.90 Å². The van der Waals surface area contributed by atoms with Crippen molar-refractivity contribution in [2.24, 2.45) is 0 Å². The lowest BCUT2D eigenvalue weighted by Gasteiger charge is -2.37. The second kappa shape index (κ2) is 4.88. The van der Waals surface area contributed by atoms with Gasteiger partial charge < -0.3 is 15.5 Å². The first-order valence-corrected chi connectivity index (χ1v) is 6.34. The van der Waals surface area contributed by atoms with Gasteiger partial charge in [-0.15, -0.1) is 0 Å². The topological polar surface area (TPSA) is 49.6 Å². The number of amides is 1. The highest BCUT2D eigenvalue weighted by Crippen LogP contribution is 2.32. The lowest BCUT2D eigenvalue weighted by atomic mass is 9.91. The summed E-state index contributed by atoms with van der Waals surface area (Å²) in [6.07, 6.45) is 3.66. The Bertz CT molecular complexity index is 452. The molecule has 1 fully saturated rings. The van der Waals surface area contributed by atoms with E-state index in [-0.39, 0.29) is 5.91 Å². The molecule has 18 heavy (non-hydrogen) atoms. The molecule has 0 heterocycles. The molecule has 0 spiro atoms. The monoisotopic (exact) mass is 247 g/mol. The third-order valence-electron chi connectivity index (χ3n) is 3.66. The highest BCUT2D eigenvalue weighted by atomic mass is 16.2. The summed E-state index contributed by atoms with van der Waals surface area (Å²) < 4.78 is 0. The number of carbonyl (C=O) groups excluding carboxylic acids is 1. The molecule has 0 aromatic heterocycles. The van der Waals surface area contributed by atoms with Crippen molar-refractivity contribution in [2.45, 2.75) is 25.3 Å². The first kappa shape index (κ1) is 12.7. The summed E-state index contributed by atoms with van der Waals surface area (Å²) in [7, 11) is 5.59. The molecular weight excluding hydrogens is 226 g/mol. The van der Waals surface area contributed by atoms with Crippen molar-refractivity contribution in [3.05, 3.63) is 23.8 Å². The molecule has 0 bridgehead atoms. The van der Waals surface area contributed by atoms with E-state index in [0.29, 0.717) is 11.7 Å². The van der Waals surface area contributed by atoms with Crippen molar-refractivity contribution in [2.75, 3.05) is 31.8 Å². The molecule has 1 aliphatic rings. The SMILES string of the molecule is CN(C)C(=O)c1ccc(N)cc1N(C)C1CCC1. The molecule has 1 saturated carbocycles. The number of anilines is 2. The predicted octanol–water partition coefficient (Wildman–Crippen LogP) is 1.96. The van der Waals surface area contributed by atoms with E-state index in [9.17, 15) is 4.79 Å². The molecular formula is C14H21N3O. The maximum absolute atomic E-state index is 12.2. The zero-order chi connectivity index (χ0) is 13.3. The van der Waals surface area contributed by atoms with Crippen molar-refractivity contribution in [3.8, 4) is 0 Å². The molecule has 1 aromatic rings. The minimum absolute atomic E-state index is 0.0242. The fourth-order valence-corrected chi connectivity index (χ4v) is 2.23. The van der Waals surface area contributed by atoms with E-state index >= 15 is 0 Å². The number of hydrogen-bond donors (Lipinski definition) is 1. The Balaban J connectivity index is 2.36. The van der Waals surface area contributed by atoms with Crippen LogP contribution in [-0.4, -0.2) is 38.0 Å². The Labute approximate surface area is 108 Å². The molecule has 0 radical (unpaired) electrons. The zero-order valence-corrected chi connectivity index (χ0v) is 11.3. The van der Waals surface area contributed by atoms with Gasteiger partial charge in [0.2, 0.25) is 0 Å². The minimum atomic E-state index is 0.0242. The fourth-order valence-electron chi connectivity index (χ4n) is 2.23. The lowest BCUT2D eigenvalue weighted by Crippen LogP contribution is -2.38. The quantitative estimate of drug-likeness (QED) is 0.831. The Kier molecular flexibility index (Phi) is 3.45. The van der Waals surface area contributed by atoms with Crippen LogP contribution in [0.15, 0.2) is 18.2 Å². The molecule has 0 saturated heterocycles. The maximum atomic E-state index is 12.2. The van der Waals surface area contributed by atoms with Crippen LogP contribution in [0.2, 0.25) is 0 Å². The molecule has 0 atom stereocenters. The average Bonchev–Trinajstić information content (AvgIpc) is 2.25. The van der Waals surface area contributed by atoms with Gasteiger partial charge >= 0.3 is 0 Å². The van der Waals surface area contributed by atoms with Gasteiger partial charge in [-0.05, 0) is 37.5 Å². The molecule has 0 unspecified atom stereocenters. The van der Waals surface area contributed by atoms with Crippen LogP contribution in [0.4, 0.5) is 11.4 Å². The van der Waals surface area contributed by atoms with Crippen LogP contribution in [0.3, 0.4) is 0 Å². The zero-order valence-electron chi connectivity index (χ0n) is 11.3. The molecule has 0 aliphatic heterocycles. The molecule has 1 aliphatic carbocycles. The number of rotatable bonds is 3. The van der Waals surface area contributed by atoms with E-state index in [1.54, 1.807) is 25.1 Å². The Morgan fingerprint density at radius 1 is 1.28 bits per heavy atom. The summed E-state index contributed by atoms with van der Waals surface area (Å²) in [5.41, 5.74) is 8.22. The van der Waals surface area contributed by atoms with Crippen molar-refractivity contribution in [1.29, 1.82) is 0 Å². The van der Waals surface area contributed by atoms with Gasteiger partial charge in [-0.2, -0.15) is 0 Å². The van der Waals surface area contributed by atoms with Gasteiger partial charge in [-0.3, -0.25) is 4.79 Å². The maximum Gasteiger partial charge on any atom is 0.255 e. The Morgan fingerprint density at radius 2 is 1.94 bits per heavy atom. The van der Waals surface area contributed by atoms with Crippen LogP contribution in [0.25, 0.3) is 0 Å². The van der Waals surface area contributed by atoms with Crippen LogP contribution in [0.5, 0.6) is 0 Å². The van der Waals surface area contributed by atoms with E-state index < -0.39 is 0 Å². The number of carbonyl (C=O) groups is 1. The van der Waals surface area contributed by atoms with E-state index in [1.807, 2.05) is 19.2 Å². The van der Waals surface area contributed by atoms with E-state index in [1.165, 1.54) is 19.3 Å². The molecule has 4 nitrogen and oxygen atoms in total. The van der Waals surface area contributed by atoms with Crippen LogP contribution in [-0.2, 0) is 0 Å². The summed E-state index contributed by atoms with van der Waals surface area (Å²) in [5, 5.41) is 0. The van der Waals surface area contributed by atoms with Gasteiger partial charge in [0.25, 0.3) is 5.91 Å². The number of benzene rings is 1. The number of hydrogen-bond acceptors (Lipinski definition) is 3. The van der Waals surface area contributed by atoms with Crippen molar-refractivity contribution in [3.63, 3.8) is 0 Å². The Hall–Kier alpha value is -1.71. The van der Waals surface area contributed by atoms with Crippen LogP contribution >= 0.6 is 0 Å². The van der Waals surface area contributed by atoms with Crippen LogP contribution in [0.1, 0.15) is 29.6 Å². The first-order chi connectivity index (χ1) is 8.50. The summed E-state index contributed by atoms with van der Waals surface area (Å²) in [5.74, 6) is 0.0242. The fraction of sp³-hybridized carbons (Fsp3) is 0.500. The summed E-state index contributed by atoms with van der Waals surface area (Å²) in [6.45, 7) is 0. The summed E-state index contributed by atoms with van der Waals surface area (Å²) in [6, 6.07) is 6.05. The van der Waals surface area contributed by atoms with Gasteiger partial charge in [-0.25, -0.2) is 0 Å². The lowest BCUT2D eigenvalue weighted by molar-refractivity contribution is 0.0828. The van der Waals surface area contributed by atoms with Crippen molar-refractivity contribution >= 4 is 17.3 Å². The Morgan fingerprint density at radius 3 is 2.44 bits per heavy atom. The molecule has 2 rings (SSSR count). The number of nitrogen functional groups attached to an aromatic ring is 1. The molecule has 1 amide bonds. The van der Waals surface area contributed by atoms with Crippen LogP contribution < -0.4 is 10.6 Å². The van der Waals surface area contributed by atoms with Crippen molar-refractivity contribution < 1.29 is 4.79 Å². The second-order valence-electron chi connectivity index (χ2n) is 5.17. The standard InChI is InChI=1S/C14H21N3O/c1-16(2)14(18)12-8-7-10(15)9-13(12)17(3)11-5-4-6-11/h7-9,11H,4-6,15H2,1-3H3. The second-order valence-corrected chi connectivity index (χ2v) is 5.17. The third-order valence-corrected chi connectivity index (χ3v) is 3.66. The molecule has 4 heteroatoms. The smallest absolute Gasteiger partial charge is 0.255 e. The summed E-state index contributed by atoms with van der Waals surface area (Å²) >= 11 is 0. The number of nitrogens with zero attached hydrogens (tertiary/aromatic N) is 2. The predicted molar refractivity (Wildman–Crippen MR) is 74.9 cm³/mol. The van der Waals surface area contributed by atoms with E-state index in [4.69, 9.17) is 5.73 Å². The third kappa shape index (κ3) is 2.28. The van der Waals surface area contributed by atoms with Crippen LogP contribution in [0, 0.1) is 0 Å². The average molecular weight is 247 g/mol. The van der Waals surface area contributed by atoms with Gasteiger partial charge in [0.15, 0.2) is 0 Å². The number of nitrogens with two attached hydrogens (primary N) is 1. The van der Waals surface area contributed by atoms with Gasteiger partial charge in [0.1, 0.15) is 0 Å². The first-order valence-electron chi connectivity index (χ1n) is 6.34. The van der Waals surface area contributed by atoms with Gasteiger partial charge in [0.05, 0.1) is 11.3 Å². The molecule has 1 aromatic carbocycles. The highest BCUT2D eigenvalue weighted by molar-refractivity contribution is 6.00. The largest absolute Gasteiger partial charge is 0.399 e. The normalized spacial score (nSPS) is 15.1.